The van der Waals surface area contributed by atoms with Crippen molar-refractivity contribution in [2.24, 2.45) is 10.3 Å². The van der Waals surface area contributed by atoms with Crippen molar-refractivity contribution in [2.45, 2.75) is 71.6 Å². The molecule has 0 aliphatic heterocycles. The molecule has 0 saturated heterocycles. The maximum Gasteiger partial charge on any atom is 0.119 e. The number of nitrogens with zero attached hydrogens (tertiary/aromatic N) is 2. The van der Waals surface area contributed by atoms with Gasteiger partial charge in [-0.25, -0.2) is 0 Å². The lowest BCUT2D eigenvalue weighted by Gasteiger charge is -2.08. The largest absolute Gasteiger partial charge is 0.494 e. The molecule has 0 heterocycles. The van der Waals surface area contributed by atoms with Gasteiger partial charge in [-0.1, -0.05) is 43.4 Å². The van der Waals surface area contributed by atoms with Crippen LogP contribution in [0.5, 0.6) is 11.5 Å². The molecule has 0 atom stereocenters. The number of oxime groups is 2. The molecule has 0 spiro atoms. The van der Waals surface area contributed by atoms with E-state index >= 15 is 0 Å². The zero-order chi connectivity index (χ0) is 23.7. The lowest BCUT2D eigenvalue weighted by Crippen LogP contribution is -2.03. The van der Waals surface area contributed by atoms with Crippen molar-refractivity contribution < 1.29 is 19.9 Å². The molecule has 0 aromatic heterocycles. The normalized spacial score (nSPS) is 12.1. The second kappa shape index (κ2) is 15.7. The number of hydrogen-bond donors (Lipinski definition) is 2. The predicted molar refractivity (Wildman–Crippen MR) is 133 cm³/mol. The van der Waals surface area contributed by atoms with E-state index in [-0.39, 0.29) is 0 Å². The molecule has 2 aromatic rings. The average molecular weight is 455 g/mol. The van der Waals surface area contributed by atoms with Crippen LogP contribution in [-0.2, 0) is 0 Å². The van der Waals surface area contributed by atoms with Gasteiger partial charge >= 0.3 is 0 Å². The van der Waals surface area contributed by atoms with Crippen LogP contribution in [0.2, 0.25) is 0 Å². The highest BCUT2D eigenvalue weighted by Crippen LogP contribution is 2.18. The molecule has 0 aliphatic rings. The second-order valence-corrected chi connectivity index (χ2v) is 8.11. The van der Waals surface area contributed by atoms with E-state index in [9.17, 15) is 10.4 Å². The fourth-order valence-electron chi connectivity index (χ4n) is 3.55. The first-order chi connectivity index (χ1) is 16.2. The number of hydrogen-bond acceptors (Lipinski definition) is 6. The van der Waals surface area contributed by atoms with Crippen molar-refractivity contribution >= 4 is 11.4 Å². The maximum atomic E-state index is 9.40. The fourth-order valence-corrected chi connectivity index (χ4v) is 3.55. The molecule has 0 aliphatic carbocycles. The van der Waals surface area contributed by atoms with Crippen molar-refractivity contribution in [3.63, 3.8) is 0 Å². The Morgan fingerprint density at radius 2 is 0.970 bits per heavy atom. The summed E-state index contributed by atoms with van der Waals surface area (Å²) in [6, 6.07) is 15.4. The Kier molecular flexibility index (Phi) is 12.5. The molecular weight excluding hydrogens is 416 g/mol. The highest BCUT2D eigenvalue weighted by atomic mass is 16.5. The van der Waals surface area contributed by atoms with Crippen molar-refractivity contribution in [1.82, 2.24) is 0 Å². The van der Waals surface area contributed by atoms with Gasteiger partial charge in [0, 0.05) is 0 Å². The number of unbranched alkanes of at least 4 members (excludes halogenated alkanes) is 4. The lowest BCUT2D eigenvalue weighted by molar-refractivity contribution is 0.316. The summed E-state index contributed by atoms with van der Waals surface area (Å²) in [4.78, 5) is 0. The summed E-state index contributed by atoms with van der Waals surface area (Å²) in [5, 5.41) is 25.8. The second-order valence-electron chi connectivity index (χ2n) is 8.11. The summed E-state index contributed by atoms with van der Waals surface area (Å²) in [5.74, 6) is 1.67. The minimum absolute atomic E-state index is 0.701. The summed E-state index contributed by atoms with van der Waals surface area (Å²) in [5.41, 5.74) is 3.27. The van der Waals surface area contributed by atoms with Gasteiger partial charge in [-0.05, 0) is 98.2 Å². The third-order valence-electron chi connectivity index (χ3n) is 5.39. The number of benzene rings is 2. The van der Waals surface area contributed by atoms with Crippen LogP contribution in [0.1, 0.15) is 82.8 Å². The summed E-state index contributed by atoms with van der Waals surface area (Å²) in [6.07, 6.45) is 8.56. The smallest absolute Gasteiger partial charge is 0.119 e. The minimum atomic E-state index is 0.701. The molecule has 6 heteroatoms. The van der Waals surface area contributed by atoms with Crippen LogP contribution < -0.4 is 9.47 Å². The van der Waals surface area contributed by atoms with Gasteiger partial charge < -0.3 is 19.9 Å². The third kappa shape index (κ3) is 9.56. The third-order valence-corrected chi connectivity index (χ3v) is 5.39. The van der Waals surface area contributed by atoms with E-state index in [1.54, 1.807) is 0 Å². The lowest BCUT2D eigenvalue weighted by atomic mass is 10.0. The standard InChI is InChI=1S/C27H38N2O4/c1-3-20-32-24-16-12-22(13-17-24)26(28-30)10-8-6-5-7-9-11-27(29-31)23-14-18-25(19-15-23)33-21-4-2/h12-19,30-31H,3-11,20-21H2,1-2H3. The fraction of sp³-hybridized carbons (Fsp3) is 0.481. The molecular formula is C27H38N2O4. The monoisotopic (exact) mass is 454 g/mol. The van der Waals surface area contributed by atoms with Gasteiger partial charge in [0.05, 0.1) is 24.6 Å². The molecule has 0 fully saturated rings. The number of rotatable bonds is 16. The molecule has 2 rings (SSSR count). The van der Waals surface area contributed by atoms with Crippen LogP contribution in [-0.4, -0.2) is 35.1 Å². The Morgan fingerprint density at radius 3 is 1.30 bits per heavy atom. The van der Waals surface area contributed by atoms with Crippen molar-refractivity contribution in [3.05, 3.63) is 59.7 Å². The first-order valence-corrected chi connectivity index (χ1v) is 12.1. The molecule has 0 unspecified atom stereocenters. The van der Waals surface area contributed by atoms with E-state index in [1.807, 2.05) is 48.5 Å². The van der Waals surface area contributed by atoms with Crippen LogP contribution in [0.4, 0.5) is 0 Å². The summed E-state index contributed by atoms with van der Waals surface area (Å²) >= 11 is 0. The Hall–Kier alpha value is -3.02. The Bertz CT molecular complexity index is 774. The van der Waals surface area contributed by atoms with Gasteiger partial charge in [-0.15, -0.1) is 0 Å². The SMILES string of the molecule is CCCOc1ccc(C(CCCCCCCC(=NO)c2ccc(OCCC)cc2)=NO)cc1. The van der Waals surface area contributed by atoms with E-state index in [2.05, 4.69) is 24.2 Å². The van der Waals surface area contributed by atoms with Crippen LogP contribution in [0.15, 0.2) is 58.8 Å². The van der Waals surface area contributed by atoms with Gasteiger partial charge in [-0.3, -0.25) is 0 Å². The van der Waals surface area contributed by atoms with E-state index < -0.39 is 0 Å². The summed E-state index contributed by atoms with van der Waals surface area (Å²) in [7, 11) is 0. The van der Waals surface area contributed by atoms with Gasteiger partial charge in [0.1, 0.15) is 11.5 Å². The van der Waals surface area contributed by atoms with Gasteiger partial charge in [0.15, 0.2) is 0 Å². The summed E-state index contributed by atoms with van der Waals surface area (Å²) < 4.78 is 11.2. The van der Waals surface area contributed by atoms with Crippen LogP contribution >= 0.6 is 0 Å². The molecule has 0 radical (unpaired) electrons. The molecule has 0 amide bonds. The predicted octanol–water partition coefficient (Wildman–Crippen LogP) is 7.05. The topological polar surface area (TPSA) is 83.6 Å². The molecule has 6 nitrogen and oxygen atoms in total. The quantitative estimate of drug-likeness (QED) is 0.123. The highest BCUT2D eigenvalue weighted by molar-refractivity contribution is 6.00. The van der Waals surface area contributed by atoms with Gasteiger partial charge in [0.2, 0.25) is 0 Å². The minimum Gasteiger partial charge on any atom is -0.494 e. The Balaban J connectivity index is 1.66. The van der Waals surface area contributed by atoms with E-state index in [1.165, 1.54) is 0 Å². The van der Waals surface area contributed by atoms with Crippen LogP contribution in [0, 0.1) is 0 Å². The molecule has 2 aromatic carbocycles. The first kappa shape index (κ1) is 26.2. The van der Waals surface area contributed by atoms with E-state index in [0.717, 1.165) is 80.4 Å². The van der Waals surface area contributed by atoms with E-state index in [4.69, 9.17) is 9.47 Å². The first-order valence-electron chi connectivity index (χ1n) is 12.1. The van der Waals surface area contributed by atoms with Crippen LogP contribution in [0.25, 0.3) is 0 Å². The van der Waals surface area contributed by atoms with E-state index in [0.29, 0.717) is 24.6 Å². The molecule has 180 valence electrons. The highest BCUT2D eigenvalue weighted by Gasteiger charge is 2.07. The van der Waals surface area contributed by atoms with Crippen LogP contribution in [0.3, 0.4) is 0 Å². The van der Waals surface area contributed by atoms with Crippen molar-refractivity contribution in [2.75, 3.05) is 13.2 Å². The van der Waals surface area contributed by atoms with Gasteiger partial charge in [-0.2, -0.15) is 0 Å². The average Bonchev–Trinajstić information content (AvgIpc) is 2.86. The molecule has 2 N–H and O–H groups in total. The van der Waals surface area contributed by atoms with Gasteiger partial charge in [0.25, 0.3) is 0 Å². The number of ether oxygens (including phenoxy) is 2. The van der Waals surface area contributed by atoms with Crippen molar-refractivity contribution in [3.8, 4) is 11.5 Å². The molecule has 0 saturated carbocycles. The zero-order valence-electron chi connectivity index (χ0n) is 20.0. The maximum absolute atomic E-state index is 9.40. The molecule has 0 bridgehead atoms. The zero-order valence-corrected chi connectivity index (χ0v) is 20.0. The summed E-state index contributed by atoms with van der Waals surface area (Å²) in [6.45, 7) is 5.55. The van der Waals surface area contributed by atoms with Crippen molar-refractivity contribution in [1.29, 1.82) is 0 Å². The molecule has 33 heavy (non-hydrogen) atoms. The Labute approximate surface area is 197 Å². The Morgan fingerprint density at radius 1 is 0.606 bits per heavy atom.